The molecule has 0 amide bonds. The Bertz CT molecular complexity index is 607. The van der Waals surface area contributed by atoms with E-state index in [1.807, 2.05) is 16.8 Å². The van der Waals surface area contributed by atoms with Gasteiger partial charge in [0.25, 0.3) is 5.69 Å². The van der Waals surface area contributed by atoms with Crippen molar-refractivity contribution in [3.05, 3.63) is 56.3 Å². The van der Waals surface area contributed by atoms with Crippen molar-refractivity contribution in [1.82, 2.24) is 0 Å². The molecule has 0 aliphatic rings. The summed E-state index contributed by atoms with van der Waals surface area (Å²) in [5.41, 5.74) is 1.11. The fraction of sp³-hybridized carbons (Fsp3) is 0.154. The number of non-ortho nitro benzene ring substituents is 1. The normalized spacial score (nSPS) is 10.2. The molecule has 0 saturated heterocycles. The molecule has 1 aromatic carbocycles. The molecule has 0 aliphatic heterocycles. The topological polar surface area (TPSA) is 69.4 Å². The fourth-order valence-corrected chi connectivity index (χ4v) is 2.22. The molecule has 0 aliphatic carbocycles. The smallest absolute Gasteiger partial charge is 0.270 e. The van der Waals surface area contributed by atoms with E-state index in [9.17, 15) is 14.9 Å². The Morgan fingerprint density at radius 3 is 2.79 bits per heavy atom. The number of nitrogens with zero attached hydrogens (tertiary/aromatic N) is 1. The van der Waals surface area contributed by atoms with Crippen LogP contribution in [0.25, 0.3) is 0 Å². The molecule has 19 heavy (non-hydrogen) atoms. The quantitative estimate of drug-likeness (QED) is 0.477. The second-order valence-electron chi connectivity index (χ2n) is 3.91. The molecule has 0 spiro atoms. The van der Waals surface area contributed by atoms with Crippen molar-refractivity contribution in [1.29, 1.82) is 0 Å². The maximum Gasteiger partial charge on any atom is 0.270 e. The van der Waals surface area contributed by atoms with Crippen LogP contribution in [0.2, 0.25) is 0 Å². The molecule has 6 heteroatoms. The van der Waals surface area contributed by atoms with Crippen molar-refractivity contribution in [3.63, 3.8) is 0 Å². The second-order valence-corrected chi connectivity index (χ2v) is 4.69. The van der Waals surface area contributed by atoms with E-state index in [1.165, 1.54) is 25.1 Å². The van der Waals surface area contributed by atoms with Gasteiger partial charge in [0.1, 0.15) is 12.4 Å². The van der Waals surface area contributed by atoms with E-state index in [-0.39, 0.29) is 17.0 Å². The fourth-order valence-electron chi connectivity index (χ4n) is 1.57. The average Bonchev–Trinajstić information content (AvgIpc) is 2.89. The number of carbonyl (C=O) groups excluding carboxylic acids is 1. The van der Waals surface area contributed by atoms with Gasteiger partial charge in [-0.2, -0.15) is 11.3 Å². The van der Waals surface area contributed by atoms with Crippen molar-refractivity contribution in [2.75, 3.05) is 0 Å². The Hall–Kier alpha value is -2.21. The van der Waals surface area contributed by atoms with Crippen molar-refractivity contribution >= 4 is 22.8 Å². The zero-order chi connectivity index (χ0) is 13.8. The lowest BCUT2D eigenvalue weighted by molar-refractivity contribution is -0.384. The third-order valence-electron chi connectivity index (χ3n) is 2.53. The Balaban J connectivity index is 2.24. The monoisotopic (exact) mass is 277 g/mol. The molecule has 5 nitrogen and oxygen atoms in total. The van der Waals surface area contributed by atoms with Gasteiger partial charge in [-0.25, -0.2) is 0 Å². The molecule has 0 N–H and O–H groups in total. The molecule has 0 fully saturated rings. The number of ketones is 1. The summed E-state index contributed by atoms with van der Waals surface area (Å²) in [5.74, 6) is 0.105. The van der Waals surface area contributed by atoms with Crippen molar-refractivity contribution < 1.29 is 14.5 Å². The molecular weight excluding hydrogens is 266 g/mol. The molecule has 1 heterocycles. The molecule has 2 rings (SSSR count). The number of thiophene rings is 1. The van der Waals surface area contributed by atoms with Crippen LogP contribution >= 0.6 is 11.3 Å². The van der Waals surface area contributed by atoms with Gasteiger partial charge in [-0.15, -0.1) is 0 Å². The summed E-state index contributed by atoms with van der Waals surface area (Å²) in [6, 6.07) is 5.95. The van der Waals surface area contributed by atoms with Crippen LogP contribution < -0.4 is 4.74 Å². The highest BCUT2D eigenvalue weighted by atomic mass is 32.1. The maximum atomic E-state index is 11.5. The third-order valence-corrected chi connectivity index (χ3v) is 3.26. The number of Topliss-reactive ketones (excluding diaryl/α,β-unsaturated/α-hetero) is 1. The van der Waals surface area contributed by atoms with E-state index in [0.717, 1.165) is 5.56 Å². The van der Waals surface area contributed by atoms with Crippen LogP contribution in [0.15, 0.2) is 35.0 Å². The Kier molecular flexibility index (Phi) is 3.91. The lowest BCUT2D eigenvalue weighted by atomic mass is 10.1. The summed E-state index contributed by atoms with van der Waals surface area (Å²) >= 11 is 1.56. The predicted molar refractivity (Wildman–Crippen MR) is 71.8 cm³/mol. The molecule has 0 saturated carbocycles. The molecule has 0 bridgehead atoms. The summed E-state index contributed by atoms with van der Waals surface area (Å²) in [5, 5.41) is 14.6. The molecule has 2 aromatic rings. The summed E-state index contributed by atoms with van der Waals surface area (Å²) in [6.07, 6.45) is 0. The van der Waals surface area contributed by atoms with Crippen molar-refractivity contribution in [3.8, 4) is 5.75 Å². The van der Waals surface area contributed by atoms with Crippen LogP contribution in [0.3, 0.4) is 0 Å². The highest BCUT2D eigenvalue weighted by Gasteiger charge is 2.15. The highest BCUT2D eigenvalue weighted by Crippen LogP contribution is 2.25. The van der Waals surface area contributed by atoms with Gasteiger partial charge in [-0.3, -0.25) is 14.9 Å². The van der Waals surface area contributed by atoms with Gasteiger partial charge in [0.15, 0.2) is 5.78 Å². The van der Waals surface area contributed by atoms with Crippen LogP contribution in [0, 0.1) is 10.1 Å². The largest absolute Gasteiger partial charge is 0.488 e. The van der Waals surface area contributed by atoms with Crippen molar-refractivity contribution in [2.45, 2.75) is 13.5 Å². The van der Waals surface area contributed by atoms with Crippen LogP contribution in [-0.4, -0.2) is 10.7 Å². The van der Waals surface area contributed by atoms with E-state index in [0.29, 0.717) is 12.4 Å². The summed E-state index contributed by atoms with van der Waals surface area (Å²) < 4.78 is 5.54. The van der Waals surface area contributed by atoms with Gasteiger partial charge in [-0.1, -0.05) is 0 Å². The second kappa shape index (κ2) is 5.62. The predicted octanol–water partition coefficient (Wildman–Crippen LogP) is 3.44. The Morgan fingerprint density at radius 2 is 2.21 bits per heavy atom. The van der Waals surface area contributed by atoms with Crippen LogP contribution in [0.1, 0.15) is 22.8 Å². The van der Waals surface area contributed by atoms with Crippen LogP contribution in [0.5, 0.6) is 5.75 Å². The summed E-state index contributed by atoms with van der Waals surface area (Å²) in [4.78, 5) is 21.7. The Labute approximate surface area is 113 Å². The average molecular weight is 277 g/mol. The SMILES string of the molecule is CC(=O)c1cc([N+](=O)[O-])ccc1OCc1ccsc1. The zero-order valence-corrected chi connectivity index (χ0v) is 11.0. The third kappa shape index (κ3) is 3.17. The van der Waals surface area contributed by atoms with E-state index in [2.05, 4.69) is 0 Å². The molecule has 98 valence electrons. The maximum absolute atomic E-state index is 11.5. The first-order chi connectivity index (χ1) is 9.08. The Morgan fingerprint density at radius 1 is 1.42 bits per heavy atom. The first kappa shape index (κ1) is 13.2. The molecule has 1 aromatic heterocycles. The van der Waals surface area contributed by atoms with E-state index < -0.39 is 4.92 Å². The number of benzene rings is 1. The standard InChI is InChI=1S/C13H11NO4S/c1-9(15)12-6-11(14(16)17)2-3-13(12)18-7-10-4-5-19-8-10/h2-6,8H,7H2,1H3. The number of carbonyl (C=O) groups is 1. The van der Waals surface area contributed by atoms with Gasteiger partial charge in [-0.05, 0) is 35.4 Å². The first-order valence-electron chi connectivity index (χ1n) is 5.51. The summed E-state index contributed by atoms with van der Waals surface area (Å²) in [6.45, 7) is 1.69. The molecule has 0 unspecified atom stereocenters. The van der Waals surface area contributed by atoms with Gasteiger partial charge in [0, 0.05) is 12.1 Å². The number of rotatable bonds is 5. The number of hydrogen-bond acceptors (Lipinski definition) is 5. The summed E-state index contributed by atoms with van der Waals surface area (Å²) in [7, 11) is 0. The van der Waals surface area contributed by atoms with Gasteiger partial charge >= 0.3 is 0 Å². The van der Waals surface area contributed by atoms with E-state index in [1.54, 1.807) is 11.3 Å². The van der Waals surface area contributed by atoms with E-state index in [4.69, 9.17) is 4.74 Å². The molecule has 0 atom stereocenters. The van der Waals surface area contributed by atoms with Crippen molar-refractivity contribution in [2.24, 2.45) is 0 Å². The van der Waals surface area contributed by atoms with Crippen LogP contribution in [0.4, 0.5) is 5.69 Å². The number of ether oxygens (including phenoxy) is 1. The number of hydrogen-bond donors (Lipinski definition) is 0. The lowest BCUT2D eigenvalue weighted by Gasteiger charge is -2.08. The minimum Gasteiger partial charge on any atom is -0.488 e. The van der Waals surface area contributed by atoms with E-state index >= 15 is 0 Å². The number of nitro benzene ring substituents is 1. The molecule has 0 radical (unpaired) electrons. The van der Waals surface area contributed by atoms with Gasteiger partial charge < -0.3 is 4.74 Å². The number of nitro groups is 1. The highest BCUT2D eigenvalue weighted by molar-refractivity contribution is 7.07. The minimum atomic E-state index is -0.533. The van der Waals surface area contributed by atoms with Crippen LogP contribution in [-0.2, 0) is 6.61 Å². The first-order valence-corrected chi connectivity index (χ1v) is 6.45. The lowest BCUT2D eigenvalue weighted by Crippen LogP contribution is -2.02. The molecular formula is C13H11NO4S. The zero-order valence-electron chi connectivity index (χ0n) is 10.2. The van der Waals surface area contributed by atoms with Gasteiger partial charge in [0.2, 0.25) is 0 Å². The van der Waals surface area contributed by atoms with Gasteiger partial charge in [0.05, 0.1) is 10.5 Å². The minimum absolute atomic E-state index is 0.118.